The standard InChI is InChI=1S/C23H17ClN6OS/c1-13-8-10-15(11-9-13)22-28-30-20(25)18(21(31)26-23(30)32-22)12-17-14(2)27-29(19(17)24)16-6-4-3-5-7-16/h3-12,25H,1-2H3/b18-12-,25-20?. The monoisotopic (exact) mass is 460 g/mol. The number of carbonyl (C=O) groups is 1. The van der Waals surface area contributed by atoms with Crippen molar-refractivity contribution >= 4 is 51.4 Å². The highest BCUT2D eigenvalue weighted by atomic mass is 35.5. The maximum Gasteiger partial charge on any atom is 0.283 e. The Kier molecular flexibility index (Phi) is 5.03. The van der Waals surface area contributed by atoms with Gasteiger partial charge in [0.25, 0.3) is 5.91 Å². The molecule has 1 aromatic heterocycles. The fourth-order valence-corrected chi connectivity index (χ4v) is 4.59. The van der Waals surface area contributed by atoms with Crippen LogP contribution in [0.4, 0.5) is 0 Å². The van der Waals surface area contributed by atoms with Crippen LogP contribution in [0.2, 0.25) is 5.15 Å². The molecule has 9 heteroatoms. The molecule has 0 saturated heterocycles. The SMILES string of the molecule is Cc1ccc(C2=NN3C(=N)/C(=C/c4c(C)nn(-c5ccccc5)c4Cl)C(=O)N=C3S2)cc1. The van der Waals surface area contributed by atoms with E-state index in [9.17, 15) is 4.79 Å². The third kappa shape index (κ3) is 3.47. The number of nitrogens with one attached hydrogen (secondary N) is 1. The second kappa shape index (κ2) is 7.89. The third-order valence-electron chi connectivity index (χ3n) is 5.09. The van der Waals surface area contributed by atoms with Gasteiger partial charge in [-0.2, -0.15) is 20.2 Å². The fourth-order valence-electron chi connectivity index (χ4n) is 3.36. The number of nitrogens with zero attached hydrogens (tertiary/aromatic N) is 5. The Morgan fingerprint density at radius 1 is 1.06 bits per heavy atom. The third-order valence-corrected chi connectivity index (χ3v) is 6.41. The van der Waals surface area contributed by atoms with Crippen molar-refractivity contribution in [1.82, 2.24) is 14.8 Å². The van der Waals surface area contributed by atoms with Crippen LogP contribution in [-0.4, -0.2) is 36.7 Å². The van der Waals surface area contributed by atoms with E-state index in [0.717, 1.165) is 16.8 Å². The highest BCUT2D eigenvalue weighted by Gasteiger charge is 2.36. The predicted molar refractivity (Wildman–Crippen MR) is 129 cm³/mol. The molecule has 0 bridgehead atoms. The summed E-state index contributed by atoms with van der Waals surface area (Å²) >= 11 is 7.87. The average Bonchev–Trinajstić information content (AvgIpc) is 3.33. The zero-order valence-electron chi connectivity index (χ0n) is 17.2. The van der Waals surface area contributed by atoms with Crippen LogP contribution in [-0.2, 0) is 4.79 Å². The van der Waals surface area contributed by atoms with E-state index in [4.69, 9.17) is 17.0 Å². The van der Waals surface area contributed by atoms with Crippen LogP contribution in [0.15, 0.2) is 70.3 Å². The van der Waals surface area contributed by atoms with Crippen molar-refractivity contribution in [2.75, 3.05) is 0 Å². The summed E-state index contributed by atoms with van der Waals surface area (Å²) in [6, 6.07) is 17.4. The van der Waals surface area contributed by atoms with Crippen molar-refractivity contribution in [3.63, 3.8) is 0 Å². The Bertz CT molecular complexity index is 1360. The molecule has 0 fully saturated rings. The lowest BCUT2D eigenvalue weighted by atomic mass is 10.1. The molecule has 0 radical (unpaired) electrons. The number of hydrogen-bond donors (Lipinski definition) is 1. The molecule has 0 spiro atoms. The summed E-state index contributed by atoms with van der Waals surface area (Å²) in [7, 11) is 0. The molecular weight excluding hydrogens is 444 g/mol. The topological polar surface area (TPSA) is 86.7 Å². The molecule has 2 aromatic carbocycles. The summed E-state index contributed by atoms with van der Waals surface area (Å²) in [6.07, 6.45) is 1.57. The predicted octanol–water partition coefficient (Wildman–Crippen LogP) is 4.81. The lowest BCUT2D eigenvalue weighted by molar-refractivity contribution is -0.114. The minimum Gasteiger partial charge on any atom is -0.282 e. The molecule has 5 rings (SSSR count). The number of rotatable bonds is 3. The number of amidine groups is 2. The Labute approximate surface area is 193 Å². The number of amides is 1. The number of benzene rings is 2. The first-order chi connectivity index (χ1) is 15.4. The molecule has 0 atom stereocenters. The molecule has 158 valence electrons. The molecule has 3 aromatic rings. The van der Waals surface area contributed by atoms with Crippen LogP contribution >= 0.6 is 23.4 Å². The maximum atomic E-state index is 12.8. The second-order valence-electron chi connectivity index (χ2n) is 7.33. The van der Waals surface area contributed by atoms with Crippen LogP contribution < -0.4 is 0 Å². The number of hydrazone groups is 1. The molecule has 2 aliphatic rings. The molecule has 0 unspecified atom stereocenters. The van der Waals surface area contributed by atoms with E-state index in [2.05, 4.69) is 15.2 Å². The summed E-state index contributed by atoms with van der Waals surface area (Å²) in [6.45, 7) is 3.82. The van der Waals surface area contributed by atoms with Crippen LogP contribution in [0.5, 0.6) is 0 Å². The van der Waals surface area contributed by atoms with E-state index in [1.807, 2.05) is 68.4 Å². The van der Waals surface area contributed by atoms with Gasteiger partial charge in [-0.25, -0.2) is 4.68 Å². The van der Waals surface area contributed by atoms with Crippen LogP contribution in [0, 0.1) is 19.3 Å². The lowest BCUT2D eigenvalue weighted by Gasteiger charge is -2.20. The molecule has 7 nitrogen and oxygen atoms in total. The zero-order valence-corrected chi connectivity index (χ0v) is 18.8. The molecule has 0 saturated carbocycles. The van der Waals surface area contributed by atoms with Crippen molar-refractivity contribution in [2.45, 2.75) is 13.8 Å². The van der Waals surface area contributed by atoms with Crippen LogP contribution in [0.25, 0.3) is 11.8 Å². The van der Waals surface area contributed by atoms with Gasteiger partial charge in [-0.05, 0) is 43.8 Å². The minimum atomic E-state index is -0.503. The van der Waals surface area contributed by atoms with Crippen molar-refractivity contribution < 1.29 is 4.79 Å². The van der Waals surface area contributed by atoms with Gasteiger partial charge >= 0.3 is 0 Å². The molecular formula is C23H17ClN6OS. The van der Waals surface area contributed by atoms with Crippen LogP contribution in [0.1, 0.15) is 22.4 Å². The quantitative estimate of drug-likeness (QED) is 0.568. The van der Waals surface area contributed by atoms with E-state index in [-0.39, 0.29) is 11.4 Å². The number of aryl methyl sites for hydroxylation is 2. The van der Waals surface area contributed by atoms with Crippen molar-refractivity contribution in [3.05, 3.63) is 87.7 Å². The van der Waals surface area contributed by atoms with Crippen molar-refractivity contribution in [1.29, 1.82) is 5.41 Å². The van der Waals surface area contributed by atoms with Gasteiger partial charge in [-0.15, -0.1) is 0 Å². The van der Waals surface area contributed by atoms with E-state index in [1.54, 1.807) is 10.8 Å². The van der Waals surface area contributed by atoms with E-state index in [0.29, 0.717) is 26.6 Å². The molecule has 1 amide bonds. The first-order valence-corrected chi connectivity index (χ1v) is 11.0. The number of aromatic nitrogens is 2. The maximum absolute atomic E-state index is 12.8. The van der Waals surface area contributed by atoms with Gasteiger partial charge in [-0.1, -0.05) is 59.6 Å². The van der Waals surface area contributed by atoms with E-state index < -0.39 is 5.91 Å². The number of carbonyl (C=O) groups excluding carboxylic acids is 1. The highest BCUT2D eigenvalue weighted by molar-refractivity contribution is 8.27. The van der Waals surface area contributed by atoms with Gasteiger partial charge in [0.05, 0.1) is 17.0 Å². The van der Waals surface area contributed by atoms with Gasteiger partial charge in [0.15, 0.2) is 5.84 Å². The van der Waals surface area contributed by atoms with Gasteiger partial charge in [0.2, 0.25) is 5.17 Å². The second-order valence-corrected chi connectivity index (χ2v) is 8.64. The smallest absolute Gasteiger partial charge is 0.282 e. The molecule has 1 N–H and O–H groups in total. The van der Waals surface area contributed by atoms with Crippen molar-refractivity contribution in [2.24, 2.45) is 10.1 Å². The molecule has 2 aliphatic heterocycles. The van der Waals surface area contributed by atoms with Gasteiger partial charge in [0.1, 0.15) is 10.2 Å². The lowest BCUT2D eigenvalue weighted by Crippen LogP contribution is -2.35. The Morgan fingerprint density at radius 3 is 2.50 bits per heavy atom. The number of fused-ring (bicyclic) bond motifs is 1. The number of thioether (sulfide) groups is 1. The zero-order chi connectivity index (χ0) is 22.4. The summed E-state index contributed by atoms with van der Waals surface area (Å²) in [5.74, 6) is -0.547. The fraction of sp³-hybridized carbons (Fsp3) is 0.0870. The number of halogens is 1. The minimum absolute atomic E-state index is 0.0439. The number of hydrogen-bond acceptors (Lipinski definition) is 5. The molecule has 0 aliphatic carbocycles. The van der Waals surface area contributed by atoms with E-state index in [1.165, 1.54) is 16.8 Å². The number of para-hydroxylation sites is 1. The van der Waals surface area contributed by atoms with Crippen molar-refractivity contribution in [3.8, 4) is 5.69 Å². The Morgan fingerprint density at radius 2 is 1.78 bits per heavy atom. The first-order valence-electron chi connectivity index (χ1n) is 9.80. The average molecular weight is 461 g/mol. The van der Waals surface area contributed by atoms with Gasteiger partial charge in [0, 0.05) is 11.1 Å². The summed E-state index contributed by atoms with van der Waals surface area (Å²) in [5.41, 5.74) is 4.17. The number of aliphatic imine (C=N–C) groups is 1. The van der Waals surface area contributed by atoms with Gasteiger partial charge < -0.3 is 0 Å². The highest BCUT2D eigenvalue weighted by Crippen LogP contribution is 2.32. The first kappa shape index (κ1) is 20.4. The summed E-state index contributed by atoms with van der Waals surface area (Å²) in [4.78, 5) is 16.9. The largest absolute Gasteiger partial charge is 0.283 e. The summed E-state index contributed by atoms with van der Waals surface area (Å²) < 4.78 is 1.61. The van der Waals surface area contributed by atoms with E-state index >= 15 is 0 Å². The van der Waals surface area contributed by atoms with Crippen LogP contribution in [0.3, 0.4) is 0 Å². The summed E-state index contributed by atoms with van der Waals surface area (Å²) in [5, 5.41) is 20.4. The molecule has 32 heavy (non-hydrogen) atoms. The Hall–Kier alpha value is -3.49. The molecule has 3 heterocycles. The Balaban J connectivity index is 1.51. The van der Waals surface area contributed by atoms with Gasteiger partial charge in [-0.3, -0.25) is 10.2 Å². The normalized spacial score (nSPS) is 17.0.